The van der Waals surface area contributed by atoms with Gasteiger partial charge in [0.15, 0.2) is 0 Å². The minimum Gasteiger partial charge on any atom is -0.396 e. The van der Waals surface area contributed by atoms with E-state index in [0.29, 0.717) is 13.0 Å². The zero-order valence-corrected chi connectivity index (χ0v) is 14.1. The molecule has 2 rings (SSSR count). The average Bonchev–Trinajstić information content (AvgIpc) is 2.52. The second-order valence-corrected chi connectivity index (χ2v) is 6.79. The van der Waals surface area contributed by atoms with Gasteiger partial charge in [-0.15, -0.1) is 0 Å². The monoisotopic (exact) mass is 314 g/mol. The van der Waals surface area contributed by atoms with Gasteiger partial charge in [-0.1, -0.05) is 50.2 Å². The van der Waals surface area contributed by atoms with Gasteiger partial charge < -0.3 is 15.7 Å². The lowest BCUT2D eigenvalue weighted by atomic mass is 9.90. The lowest BCUT2D eigenvalue weighted by Crippen LogP contribution is -2.41. The van der Waals surface area contributed by atoms with Crippen LogP contribution in [0.5, 0.6) is 0 Å². The van der Waals surface area contributed by atoms with E-state index in [1.54, 1.807) is 0 Å². The zero-order valence-electron chi connectivity index (χ0n) is 14.1. The summed E-state index contributed by atoms with van der Waals surface area (Å²) in [5, 5.41) is 17.2. The number of fused-ring (bicyclic) bond motifs is 1. The van der Waals surface area contributed by atoms with Crippen LogP contribution in [-0.2, 0) is 0 Å². The Kier molecular flexibility index (Phi) is 5.61. The molecule has 124 valence electrons. The molecule has 0 bridgehead atoms. The Morgan fingerprint density at radius 2 is 1.87 bits per heavy atom. The maximum absolute atomic E-state index is 12.1. The summed E-state index contributed by atoms with van der Waals surface area (Å²) in [5.74, 6) is 0. The summed E-state index contributed by atoms with van der Waals surface area (Å²) < 4.78 is 0. The van der Waals surface area contributed by atoms with E-state index in [4.69, 9.17) is 5.11 Å². The van der Waals surface area contributed by atoms with Gasteiger partial charge in [0.25, 0.3) is 0 Å². The Balaban J connectivity index is 1.94. The molecule has 0 aromatic heterocycles. The van der Waals surface area contributed by atoms with E-state index in [1.165, 1.54) is 10.8 Å². The van der Waals surface area contributed by atoms with E-state index in [-0.39, 0.29) is 24.1 Å². The molecule has 23 heavy (non-hydrogen) atoms. The third-order valence-electron chi connectivity index (χ3n) is 4.14. The van der Waals surface area contributed by atoms with Gasteiger partial charge in [-0.05, 0) is 41.2 Å². The van der Waals surface area contributed by atoms with Crippen molar-refractivity contribution in [2.24, 2.45) is 5.41 Å². The van der Waals surface area contributed by atoms with Crippen molar-refractivity contribution in [1.29, 1.82) is 0 Å². The van der Waals surface area contributed by atoms with Crippen molar-refractivity contribution in [3.05, 3.63) is 48.0 Å². The first kappa shape index (κ1) is 17.3. The maximum atomic E-state index is 12.1. The molecule has 0 heterocycles. The molecule has 0 saturated heterocycles. The fraction of sp³-hybridized carbons (Fsp3) is 0.421. The topological polar surface area (TPSA) is 61.4 Å². The largest absolute Gasteiger partial charge is 0.396 e. The van der Waals surface area contributed by atoms with Crippen LogP contribution >= 0.6 is 0 Å². The highest BCUT2D eigenvalue weighted by Crippen LogP contribution is 2.20. The van der Waals surface area contributed by atoms with Crippen molar-refractivity contribution in [3.63, 3.8) is 0 Å². The first-order chi connectivity index (χ1) is 10.9. The van der Waals surface area contributed by atoms with E-state index >= 15 is 0 Å². The molecule has 2 aromatic rings. The van der Waals surface area contributed by atoms with Crippen LogP contribution in [0, 0.1) is 5.41 Å². The van der Waals surface area contributed by atoms with Crippen LogP contribution in [-0.4, -0.2) is 24.3 Å². The highest BCUT2D eigenvalue weighted by molar-refractivity contribution is 5.83. The SMILES string of the molecule is CC(NC(=O)NCC(C)(C)CCO)c1ccc2ccccc2c1. The predicted octanol–water partition coefficient (Wildman–Crippen LogP) is 3.61. The van der Waals surface area contributed by atoms with Gasteiger partial charge in [-0.25, -0.2) is 4.79 Å². The minimum absolute atomic E-state index is 0.0689. The summed E-state index contributed by atoms with van der Waals surface area (Å²) in [7, 11) is 0. The Labute approximate surface area is 137 Å². The first-order valence-electron chi connectivity index (χ1n) is 8.05. The van der Waals surface area contributed by atoms with E-state index in [2.05, 4.69) is 34.9 Å². The molecule has 2 amide bonds. The number of carbonyl (C=O) groups is 1. The molecule has 0 aliphatic carbocycles. The number of hydrogen-bond acceptors (Lipinski definition) is 2. The minimum atomic E-state index is -0.184. The average molecular weight is 314 g/mol. The van der Waals surface area contributed by atoms with Crippen LogP contribution < -0.4 is 10.6 Å². The quantitative estimate of drug-likeness (QED) is 0.763. The van der Waals surface area contributed by atoms with Crippen molar-refractivity contribution < 1.29 is 9.90 Å². The van der Waals surface area contributed by atoms with E-state index in [0.717, 1.165) is 5.56 Å². The van der Waals surface area contributed by atoms with Gasteiger partial charge >= 0.3 is 6.03 Å². The summed E-state index contributed by atoms with van der Waals surface area (Å²) >= 11 is 0. The summed E-state index contributed by atoms with van der Waals surface area (Å²) in [6.45, 7) is 6.68. The number of aliphatic hydroxyl groups excluding tert-OH is 1. The normalized spacial score (nSPS) is 12.9. The highest BCUT2D eigenvalue weighted by atomic mass is 16.3. The molecule has 1 atom stereocenters. The number of hydrogen-bond donors (Lipinski definition) is 3. The fourth-order valence-electron chi connectivity index (χ4n) is 2.52. The van der Waals surface area contributed by atoms with Crippen LogP contribution in [0.3, 0.4) is 0 Å². The maximum Gasteiger partial charge on any atom is 0.315 e. The zero-order chi connectivity index (χ0) is 16.9. The van der Waals surface area contributed by atoms with Crippen LogP contribution in [0.2, 0.25) is 0 Å². The summed E-state index contributed by atoms with van der Waals surface area (Å²) in [4.78, 5) is 12.1. The van der Waals surface area contributed by atoms with E-state index in [1.807, 2.05) is 39.0 Å². The molecule has 0 fully saturated rings. The van der Waals surface area contributed by atoms with Gasteiger partial charge in [0.1, 0.15) is 0 Å². The Morgan fingerprint density at radius 1 is 1.17 bits per heavy atom. The second kappa shape index (κ2) is 7.47. The van der Waals surface area contributed by atoms with Gasteiger partial charge in [0, 0.05) is 13.2 Å². The Hall–Kier alpha value is -2.07. The van der Waals surface area contributed by atoms with Gasteiger partial charge in [0.05, 0.1) is 6.04 Å². The number of benzene rings is 2. The molecule has 4 nitrogen and oxygen atoms in total. The Morgan fingerprint density at radius 3 is 2.57 bits per heavy atom. The highest BCUT2D eigenvalue weighted by Gasteiger charge is 2.18. The van der Waals surface area contributed by atoms with Crippen LogP contribution in [0.15, 0.2) is 42.5 Å². The van der Waals surface area contributed by atoms with Crippen molar-refractivity contribution in [1.82, 2.24) is 10.6 Å². The third kappa shape index (κ3) is 4.96. The summed E-state index contributed by atoms with van der Waals surface area (Å²) in [6, 6.07) is 14.2. The molecule has 0 aliphatic rings. The number of amides is 2. The van der Waals surface area contributed by atoms with Gasteiger partial charge in [0.2, 0.25) is 0 Å². The van der Waals surface area contributed by atoms with Crippen LogP contribution in [0.1, 0.15) is 38.8 Å². The third-order valence-corrected chi connectivity index (χ3v) is 4.14. The standard InChI is InChI=1S/C19H26N2O2/c1-14(21-18(23)20-13-19(2,3)10-11-22)16-9-8-15-6-4-5-7-17(15)12-16/h4-9,12,14,22H,10-11,13H2,1-3H3,(H2,20,21,23). The van der Waals surface area contributed by atoms with Crippen molar-refractivity contribution >= 4 is 16.8 Å². The smallest absolute Gasteiger partial charge is 0.315 e. The van der Waals surface area contributed by atoms with Crippen LogP contribution in [0.4, 0.5) is 4.79 Å². The Bertz CT molecular complexity index is 667. The molecule has 4 heteroatoms. The number of aliphatic hydroxyl groups is 1. The van der Waals surface area contributed by atoms with E-state index in [9.17, 15) is 4.79 Å². The van der Waals surface area contributed by atoms with Crippen molar-refractivity contribution in [2.75, 3.05) is 13.2 Å². The number of urea groups is 1. The van der Waals surface area contributed by atoms with Gasteiger partial charge in [-0.2, -0.15) is 0 Å². The molecule has 0 radical (unpaired) electrons. The number of carbonyl (C=O) groups excluding carboxylic acids is 1. The number of rotatable bonds is 6. The molecular formula is C19H26N2O2. The van der Waals surface area contributed by atoms with E-state index < -0.39 is 0 Å². The molecule has 3 N–H and O–H groups in total. The van der Waals surface area contributed by atoms with Crippen molar-refractivity contribution in [3.8, 4) is 0 Å². The van der Waals surface area contributed by atoms with Gasteiger partial charge in [-0.3, -0.25) is 0 Å². The summed E-state index contributed by atoms with van der Waals surface area (Å²) in [6.07, 6.45) is 0.660. The molecule has 1 unspecified atom stereocenters. The molecule has 0 spiro atoms. The van der Waals surface area contributed by atoms with Crippen molar-refractivity contribution in [2.45, 2.75) is 33.2 Å². The lowest BCUT2D eigenvalue weighted by molar-refractivity contribution is 0.200. The first-order valence-corrected chi connectivity index (χ1v) is 8.05. The fourth-order valence-corrected chi connectivity index (χ4v) is 2.52. The molecule has 0 aliphatic heterocycles. The summed E-state index contributed by atoms with van der Waals surface area (Å²) in [5.41, 5.74) is 0.964. The predicted molar refractivity (Wildman–Crippen MR) is 94.4 cm³/mol. The molecular weight excluding hydrogens is 288 g/mol. The second-order valence-electron chi connectivity index (χ2n) is 6.79. The number of nitrogens with one attached hydrogen (secondary N) is 2. The molecule has 0 saturated carbocycles. The lowest BCUT2D eigenvalue weighted by Gasteiger charge is -2.24. The molecule has 2 aromatic carbocycles. The van der Waals surface area contributed by atoms with Crippen LogP contribution in [0.25, 0.3) is 10.8 Å².